The minimum Gasteiger partial charge on any atom is -0.366 e. The highest BCUT2D eigenvalue weighted by molar-refractivity contribution is 6.30. The smallest absolute Gasteiger partial charge is 0.270 e. The zero-order chi connectivity index (χ0) is 26.7. The van der Waals surface area contributed by atoms with Crippen molar-refractivity contribution >= 4 is 34.8 Å². The van der Waals surface area contributed by atoms with Gasteiger partial charge in [0.15, 0.2) is 11.4 Å². The molecule has 1 aliphatic rings. The molecule has 2 aromatic heterocycles. The number of benzene rings is 2. The van der Waals surface area contributed by atoms with Gasteiger partial charge >= 0.3 is 0 Å². The maximum Gasteiger partial charge on any atom is 0.270 e. The first-order chi connectivity index (χ1) is 17.6. The number of ketones is 1. The van der Waals surface area contributed by atoms with Crippen LogP contribution in [0, 0.1) is 5.82 Å². The third kappa shape index (κ3) is 5.83. The Labute approximate surface area is 217 Å². The van der Waals surface area contributed by atoms with Gasteiger partial charge in [-0.1, -0.05) is 30.7 Å². The molecule has 2 heterocycles. The van der Waals surface area contributed by atoms with Crippen LogP contribution in [0.4, 0.5) is 4.39 Å². The second kappa shape index (κ2) is 10.9. The molecule has 0 aliphatic heterocycles. The number of nitrogens with zero attached hydrogens (tertiary/aromatic N) is 3. The zero-order valence-electron chi connectivity index (χ0n) is 20.3. The first-order valence-electron chi connectivity index (χ1n) is 11.6. The number of aromatic nitrogens is 3. The van der Waals surface area contributed by atoms with E-state index in [2.05, 4.69) is 22.3 Å². The molecule has 3 N–H and O–H groups in total. The summed E-state index contributed by atoms with van der Waals surface area (Å²) in [5.74, 6) is -0.905. The number of aryl methyl sites for hydroxylation is 1. The maximum absolute atomic E-state index is 13.1. The fourth-order valence-electron chi connectivity index (χ4n) is 4.19. The average Bonchev–Trinajstić information content (AvgIpc) is 3.50. The van der Waals surface area contributed by atoms with Crippen molar-refractivity contribution < 1.29 is 18.8 Å². The lowest BCUT2D eigenvalue weighted by Gasteiger charge is -2.08. The second-order valence-electron chi connectivity index (χ2n) is 8.83. The number of hydrogen-bond donors (Lipinski definition) is 2. The van der Waals surface area contributed by atoms with Gasteiger partial charge in [0.25, 0.3) is 5.91 Å². The third-order valence-electron chi connectivity index (χ3n) is 6.19. The SMILES string of the molecule is CC(=O)c1cc(C(=O)NCc2ccc(F)c(Cl)c2)nc2ccnn12.C[C@H]1CCc2cc(C(N)=O)ccc21. The summed E-state index contributed by atoms with van der Waals surface area (Å²) in [7, 11) is 0. The first-order valence-corrected chi connectivity index (χ1v) is 12.0. The van der Waals surface area contributed by atoms with Crippen molar-refractivity contribution in [3.8, 4) is 0 Å². The molecule has 0 bridgehead atoms. The lowest BCUT2D eigenvalue weighted by atomic mass is 10.0. The zero-order valence-corrected chi connectivity index (χ0v) is 21.1. The molecular formula is C27H25ClFN5O3. The summed E-state index contributed by atoms with van der Waals surface area (Å²) in [5, 5.41) is 6.65. The van der Waals surface area contributed by atoms with Gasteiger partial charge in [-0.05, 0) is 65.8 Å². The summed E-state index contributed by atoms with van der Waals surface area (Å²) in [6.07, 6.45) is 3.77. The number of amides is 2. The summed E-state index contributed by atoms with van der Waals surface area (Å²) in [6, 6.07) is 13.0. The number of primary amides is 1. The van der Waals surface area contributed by atoms with Gasteiger partial charge in [0.05, 0.1) is 11.2 Å². The normalized spacial score (nSPS) is 14.0. The minimum absolute atomic E-state index is 0.0144. The van der Waals surface area contributed by atoms with E-state index >= 15 is 0 Å². The van der Waals surface area contributed by atoms with Crippen molar-refractivity contribution in [2.75, 3.05) is 0 Å². The molecule has 1 aliphatic carbocycles. The molecule has 190 valence electrons. The van der Waals surface area contributed by atoms with Crippen molar-refractivity contribution in [1.82, 2.24) is 19.9 Å². The van der Waals surface area contributed by atoms with Crippen LogP contribution in [-0.4, -0.2) is 32.2 Å². The molecule has 8 nitrogen and oxygen atoms in total. The fraction of sp³-hybridized carbons (Fsp3) is 0.222. The Kier molecular flexibility index (Phi) is 7.63. The largest absolute Gasteiger partial charge is 0.366 e. The molecule has 0 fully saturated rings. The monoisotopic (exact) mass is 521 g/mol. The summed E-state index contributed by atoms with van der Waals surface area (Å²) in [4.78, 5) is 39.1. The Morgan fingerprint density at radius 3 is 2.65 bits per heavy atom. The Hall–Kier alpha value is -4.11. The van der Waals surface area contributed by atoms with E-state index in [1.54, 1.807) is 6.07 Å². The van der Waals surface area contributed by atoms with E-state index in [4.69, 9.17) is 17.3 Å². The Morgan fingerprint density at radius 1 is 1.16 bits per heavy atom. The van der Waals surface area contributed by atoms with Crippen LogP contribution >= 0.6 is 11.6 Å². The lowest BCUT2D eigenvalue weighted by Crippen LogP contribution is -2.25. The minimum atomic E-state index is -0.523. The molecule has 4 aromatic rings. The van der Waals surface area contributed by atoms with Crippen LogP contribution in [0.3, 0.4) is 0 Å². The molecule has 2 amide bonds. The Balaban J connectivity index is 0.000000207. The van der Waals surface area contributed by atoms with Crippen LogP contribution in [0.2, 0.25) is 5.02 Å². The van der Waals surface area contributed by atoms with Gasteiger partial charge in [0, 0.05) is 25.1 Å². The number of carbonyl (C=O) groups is 3. The van der Waals surface area contributed by atoms with E-state index in [-0.39, 0.29) is 34.6 Å². The van der Waals surface area contributed by atoms with Gasteiger partial charge in [0.2, 0.25) is 5.91 Å². The molecule has 10 heteroatoms. The lowest BCUT2D eigenvalue weighted by molar-refractivity contribution is 0.0944. The van der Waals surface area contributed by atoms with Crippen molar-refractivity contribution in [1.29, 1.82) is 0 Å². The van der Waals surface area contributed by atoms with Gasteiger partial charge in [-0.3, -0.25) is 14.4 Å². The molecule has 37 heavy (non-hydrogen) atoms. The van der Waals surface area contributed by atoms with E-state index in [1.807, 2.05) is 18.2 Å². The van der Waals surface area contributed by atoms with Crippen LogP contribution in [0.25, 0.3) is 5.65 Å². The quantitative estimate of drug-likeness (QED) is 0.375. The predicted octanol–water partition coefficient (Wildman–Crippen LogP) is 4.49. The highest BCUT2D eigenvalue weighted by Gasteiger charge is 2.19. The molecule has 2 aromatic carbocycles. The van der Waals surface area contributed by atoms with Crippen molar-refractivity contribution in [2.24, 2.45) is 5.73 Å². The third-order valence-corrected chi connectivity index (χ3v) is 6.48. The highest BCUT2D eigenvalue weighted by atomic mass is 35.5. The number of hydrogen-bond acceptors (Lipinski definition) is 5. The van der Waals surface area contributed by atoms with Gasteiger partial charge in [-0.25, -0.2) is 13.9 Å². The van der Waals surface area contributed by atoms with Crippen molar-refractivity contribution in [3.63, 3.8) is 0 Å². The molecule has 1 atom stereocenters. The van der Waals surface area contributed by atoms with E-state index in [0.29, 0.717) is 22.7 Å². The number of Topliss-reactive ketones (excluding diaryl/α,β-unsaturated/α-hetero) is 1. The predicted molar refractivity (Wildman–Crippen MR) is 137 cm³/mol. The van der Waals surface area contributed by atoms with Gasteiger partial charge < -0.3 is 11.1 Å². The number of carbonyl (C=O) groups excluding carboxylic acids is 3. The average molecular weight is 522 g/mol. The summed E-state index contributed by atoms with van der Waals surface area (Å²) in [6.45, 7) is 3.76. The van der Waals surface area contributed by atoms with Crippen LogP contribution in [0.15, 0.2) is 54.7 Å². The highest BCUT2D eigenvalue weighted by Crippen LogP contribution is 2.32. The van der Waals surface area contributed by atoms with Gasteiger partial charge in [-0.2, -0.15) is 5.10 Å². The van der Waals surface area contributed by atoms with Crippen molar-refractivity contribution in [2.45, 2.75) is 39.2 Å². The molecule has 0 saturated carbocycles. The number of rotatable bonds is 5. The number of nitrogens with one attached hydrogen (secondary N) is 1. The standard InChI is InChI=1S/C16H12ClFN4O2.C11H13NO/c1-9(23)14-7-13(21-15-4-5-20-22(14)15)16(24)19-8-10-2-3-12(18)11(17)6-10;1-7-2-3-8-6-9(11(12)13)4-5-10(7)8/h2-7H,8H2,1H3,(H,19,24);4-7H,2-3H2,1H3,(H2,12,13)/t;7-/m.0/s1. The summed E-state index contributed by atoms with van der Waals surface area (Å²) < 4.78 is 14.5. The first kappa shape index (κ1) is 26.0. The topological polar surface area (TPSA) is 119 Å². The molecule has 0 saturated heterocycles. The summed E-state index contributed by atoms with van der Waals surface area (Å²) >= 11 is 5.71. The number of halogens is 2. The van der Waals surface area contributed by atoms with Gasteiger partial charge in [0.1, 0.15) is 17.2 Å². The number of nitrogens with two attached hydrogens (primary N) is 1. The molecule has 5 rings (SSSR count). The van der Waals surface area contributed by atoms with Crippen LogP contribution in [0.5, 0.6) is 0 Å². The van der Waals surface area contributed by atoms with Crippen molar-refractivity contribution in [3.05, 3.63) is 99.2 Å². The van der Waals surface area contributed by atoms with E-state index in [1.165, 1.54) is 59.4 Å². The Morgan fingerprint density at radius 2 is 1.95 bits per heavy atom. The van der Waals surface area contributed by atoms with E-state index in [9.17, 15) is 18.8 Å². The van der Waals surface area contributed by atoms with E-state index in [0.717, 1.165) is 6.42 Å². The molecule has 0 spiro atoms. The number of fused-ring (bicyclic) bond motifs is 2. The van der Waals surface area contributed by atoms with Crippen LogP contribution < -0.4 is 11.1 Å². The molecular weight excluding hydrogens is 497 g/mol. The second-order valence-corrected chi connectivity index (χ2v) is 9.24. The van der Waals surface area contributed by atoms with Crippen LogP contribution in [-0.2, 0) is 13.0 Å². The summed E-state index contributed by atoms with van der Waals surface area (Å²) in [5.41, 5.74) is 9.92. The molecule has 0 radical (unpaired) electrons. The fourth-order valence-corrected chi connectivity index (χ4v) is 4.39. The maximum atomic E-state index is 13.1. The Bertz CT molecular complexity index is 1520. The van der Waals surface area contributed by atoms with Gasteiger partial charge in [-0.15, -0.1) is 0 Å². The van der Waals surface area contributed by atoms with Crippen LogP contribution in [0.1, 0.15) is 74.2 Å². The molecule has 0 unspecified atom stereocenters. The van der Waals surface area contributed by atoms with E-state index < -0.39 is 11.7 Å².